The average molecular weight is 415 g/mol. The number of piperidine rings is 1. The van der Waals surface area contributed by atoms with Crippen LogP contribution >= 0.6 is 0 Å². The van der Waals surface area contributed by atoms with Gasteiger partial charge in [-0.25, -0.2) is 4.79 Å². The summed E-state index contributed by atoms with van der Waals surface area (Å²) in [5.41, 5.74) is 1.15. The summed E-state index contributed by atoms with van der Waals surface area (Å²) in [6.45, 7) is 7.32. The fraction of sp³-hybridized carbons (Fsp3) is 0.522. The van der Waals surface area contributed by atoms with Crippen LogP contribution in [0.1, 0.15) is 50.7 Å². The van der Waals surface area contributed by atoms with Crippen molar-refractivity contribution in [2.75, 3.05) is 19.6 Å². The van der Waals surface area contributed by atoms with E-state index in [9.17, 15) is 19.5 Å². The molecule has 1 fully saturated rings. The smallest absolute Gasteiger partial charge is 0.410 e. The first-order valence-electron chi connectivity index (χ1n) is 10.4. The number of hydrogen-bond donors (Lipinski definition) is 1. The maximum Gasteiger partial charge on any atom is 0.410 e. The van der Waals surface area contributed by atoms with E-state index in [0.29, 0.717) is 19.6 Å². The van der Waals surface area contributed by atoms with Crippen LogP contribution in [0.25, 0.3) is 0 Å². The van der Waals surface area contributed by atoms with Crippen LogP contribution in [0, 0.1) is 5.92 Å². The summed E-state index contributed by atoms with van der Waals surface area (Å²) < 4.78 is 5.41. The first-order valence-corrected chi connectivity index (χ1v) is 10.4. The number of likely N-dealkylation sites (tertiary alicyclic amines) is 1. The van der Waals surface area contributed by atoms with Crippen LogP contribution in [0.5, 0.6) is 0 Å². The summed E-state index contributed by atoms with van der Waals surface area (Å²) in [6, 6.07) is 7.39. The molecule has 0 aromatic heterocycles. The average Bonchev–Trinajstić information content (AvgIpc) is 2.70. The molecule has 7 heteroatoms. The number of rotatable bonds is 3. The third-order valence-corrected chi connectivity index (χ3v) is 5.51. The molecule has 1 unspecified atom stereocenters. The van der Waals surface area contributed by atoms with Crippen LogP contribution in [-0.4, -0.2) is 58.1 Å². The fourth-order valence-electron chi connectivity index (χ4n) is 3.91. The number of hydrogen-bond acceptors (Lipinski definition) is 4. The Hall–Kier alpha value is -2.83. The molecule has 2 heterocycles. The quantitative estimate of drug-likeness (QED) is 0.766. The van der Waals surface area contributed by atoms with Gasteiger partial charge in [-0.2, -0.15) is 0 Å². The molecule has 0 radical (unpaired) electrons. The maximum atomic E-state index is 12.7. The molecule has 3 rings (SSSR count). The van der Waals surface area contributed by atoms with Gasteiger partial charge in [-0.3, -0.25) is 9.59 Å². The van der Waals surface area contributed by atoms with Crippen molar-refractivity contribution in [1.82, 2.24) is 9.80 Å². The van der Waals surface area contributed by atoms with E-state index in [1.807, 2.05) is 51.1 Å². The molecule has 2 amide bonds. The molecule has 1 atom stereocenters. The molecule has 2 aliphatic rings. The molecule has 30 heavy (non-hydrogen) atoms. The summed E-state index contributed by atoms with van der Waals surface area (Å²) >= 11 is 0. The Bertz CT molecular complexity index is 834. The Kier molecular flexibility index (Phi) is 6.48. The van der Waals surface area contributed by atoms with E-state index in [-0.39, 0.29) is 24.5 Å². The molecule has 1 aromatic rings. The van der Waals surface area contributed by atoms with E-state index >= 15 is 0 Å². The zero-order valence-corrected chi connectivity index (χ0v) is 17.8. The number of allylic oxidation sites excluding steroid dienone is 1. The van der Waals surface area contributed by atoms with Crippen molar-refractivity contribution >= 4 is 18.0 Å². The molecule has 162 valence electrons. The summed E-state index contributed by atoms with van der Waals surface area (Å²) in [6.07, 6.45) is 4.69. The number of fused-ring (bicyclic) bond motifs is 1. The molecule has 0 bridgehead atoms. The summed E-state index contributed by atoms with van der Waals surface area (Å²) in [5.74, 6) is -1.59. The van der Waals surface area contributed by atoms with Crippen molar-refractivity contribution in [3.05, 3.63) is 47.5 Å². The molecule has 0 saturated carbocycles. The van der Waals surface area contributed by atoms with Crippen molar-refractivity contribution in [3.8, 4) is 0 Å². The maximum absolute atomic E-state index is 12.7. The largest absolute Gasteiger partial charge is 0.481 e. The zero-order valence-electron chi connectivity index (χ0n) is 17.8. The highest BCUT2D eigenvalue weighted by Crippen LogP contribution is 2.29. The van der Waals surface area contributed by atoms with Crippen molar-refractivity contribution in [2.24, 2.45) is 5.92 Å². The Morgan fingerprint density at radius 1 is 1.10 bits per heavy atom. The number of carboxylic acids is 1. The first kappa shape index (κ1) is 21.9. The second kappa shape index (κ2) is 8.90. The summed E-state index contributed by atoms with van der Waals surface area (Å²) in [5, 5.41) is 9.56. The van der Waals surface area contributed by atoms with E-state index in [4.69, 9.17) is 4.74 Å². The predicted octanol–water partition coefficient (Wildman–Crippen LogP) is 3.40. The van der Waals surface area contributed by atoms with Crippen LogP contribution in [0.2, 0.25) is 0 Å². The standard InChI is InChI=1S/C23H30N2O5/c1-23(2,3)30-22(29)24-12-10-16(11-13-24)8-9-20(26)25-14-17-6-4-5-7-18(17)19(15-25)21(27)28/h4-9,16,19H,10-15H2,1-3H3,(H,27,28)/b9-8+. The Morgan fingerprint density at radius 2 is 1.77 bits per heavy atom. The Balaban J connectivity index is 1.56. The lowest BCUT2D eigenvalue weighted by Gasteiger charge is -2.33. The van der Waals surface area contributed by atoms with Crippen molar-refractivity contribution < 1.29 is 24.2 Å². The lowest BCUT2D eigenvalue weighted by atomic mass is 9.89. The van der Waals surface area contributed by atoms with Gasteiger partial charge in [-0.1, -0.05) is 30.3 Å². The molecule has 2 aliphatic heterocycles. The normalized spacial score (nSPS) is 20.2. The van der Waals surface area contributed by atoms with Crippen molar-refractivity contribution in [2.45, 2.75) is 51.7 Å². The minimum atomic E-state index is -0.918. The molecular formula is C23H30N2O5. The predicted molar refractivity (Wildman–Crippen MR) is 112 cm³/mol. The highest BCUT2D eigenvalue weighted by Gasteiger charge is 2.32. The second-order valence-corrected chi connectivity index (χ2v) is 8.97. The van der Waals surface area contributed by atoms with Gasteiger partial charge in [0, 0.05) is 26.2 Å². The Labute approximate surface area is 177 Å². The van der Waals surface area contributed by atoms with Gasteiger partial charge in [-0.05, 0) is 56.7 Å². The number of ether oxygens (including phenoxy) is 1. The molecule has 1 N–H and O–H groups in total. The number of carboxylic acid groups (broad SMARTS) is 1. The van der Waals surface area contributed by atoms with Gasteiger partial charge in [-0.15, -0.1) is 0 Å². The minimum Gasteiger partial charge on any atom is -0.481 e. The number of carbonyl (C=O) groups is 3. The lowest BCUT2D eigenvalue weighted by Crippen LogP contribution is -2.41. The Morgan fingerprint density at radius 3 is 2.40 bits per heavy atom. The highest BCUT2D eigenvalue weighted by molar-refractivity contribution is 5.89. The van der Waals surface area contributed by atoms with Crippen LogP contribution in [-0.2, 0) is 20.9 Å². The van der Waals surface area contributed by atoms with Gasteiger partial charge in [0.05, 0.1) is 5.92 Å². The van der Waals surface area contributed by atoms with E-state index in [1.165, 1.54) is 0 Å². The highest BCUT2D eigenvalue weighted by atomic mass is 16.6. The van der Waals surface area contributed by atoms with E-state index in [0.717, 1.165) is 24.0 Å². The molecule has 0 spiro atoms. The lowest BCUT2D eigenvalue weighted by molar-refractivity contribution is -0.140. The van der Waals surface area contributed by atoms with Gasteiger partial charge in [0.15, 0.2) is 0 Å². The van der Waals surface area contributed by atoms with Crippen LogP contribution < -0.4 is 0 Å². The van der Waals surface area contributed by atoms with Crippen LogP contribution in [0.4, 0.5) is 4.79 Å². The summed E-state index contributed by atoms with van der Waals surface area (Å²) in [4.78, 5) is 39.8. The van der Waals surface area contributed by atoms with Gasteiger partial charge in [0.2, 0.25) is 5.91 Å². The topological polar surface area (TPSA) is 87.2 Å². The number of aliphatic carboxylic acids is 1. The monoisotopic (exact) mass is 414 g/mol. The number of benzene rings is 1. The van der Waals surface area contributed by atoms with E-state index in [1.54, 1.807) is 15.9 Å². The third-order valence-electron chi connectivity index (χ3n) is 5.51. The van der Waals surface area contributed by atoms with Crippen molar-refractivity contribution in [3.63, 3.8) is 0 Å². The minimum absolute atomic E-state index is 0.173. The summed E-state index contributed by atoms with van der Waals surface area (Å²) in [7, 11) is 0. The SMILES string of the molecule is CC(C)(C)OC(=O)N1CCC(/C=C/C(=O)N2Cc3ccccc3C(C(=O)O)C2)CC1. The molecule has 0 aliphatic carbocycles. The van der Waals surface area contributed by atoms with E-state index in [2.05, 4.69) is 0 Å². The first-order chi connectivity index (χ1) is 14.1. The van der Waals surface area contributed by atoms with E-state index < -0.39 is 17.5 Å². The van der Waals surface area contributed by atoms with Gasteiger partial charge < -0.3 is 19.6 Å². The van der Waals surface area contributed by atoms with Crippen LogP contribution in [0.15, 0.2) is 36.4 Å². The van der Waals surface area contributed by atoms with Crippen molar-refractivity contribution in [1.29, 1.82) is 0 Å². The fourth-order valence-corrected chi connectivity index (χ4v) is 3.91. The third kappa shape index (κ3) is 5.40. The zero-order chi connectivity index (χ0) is 21.9. The molecular weight excluding hydrogens is 384 g/mol. The molecule has 1 saturated heterocycles. The number of carbonyl (C=O) groups excluding carboxylic acids is 2. The van der Waals surface area contributed by atoms with Gasteiger partial charge in [0.1, 0.15) is 5.60 Å². The van der Waals surface area contributed by atoms with Gasteiger partial charge in [0.25, 0.3) is 0 Å². The molecule has 7 nitrogen and oxygen atoms in total. The van der Waals surface area contributed by atoms with Crippen LogP contribution in [0.3, 0.4) is 0 Å². The second-order valence-electron chi connectivity index (χ2n) is 8.97. The van der Waals surface area contributed by atoms with Gasteiger partial charge >= 0.3 is 12.1 Å². The number of amides is 2. The number of nitrogens with zero attached hydrogens (tertiary/aromatic N) is 2. The molecule has 1 aromatic carbocycles.